The van der Waals surface area contributed by atoms with Gasteiger partial charge in [-0.3, -0.25) is 0 Å². The maximum atomic E-state index is 12.3. The van der Waals surface area contributed by atoms with Crippen molar-refractivity contribution in [2.75, 3.05) is 31.5 Å². The number of hydrogen-bond donors (Lipinski definition) is 1. The van der Waals surface area contributed by atoms with Crippen LogP contribution in [0.3, 0.4) is 0 Å². The van der Waals surface area contributed by atoms with Crippen LogP contribution in [0.25, 0.3) is 0 Å². The van der Waals surface area contributed by atoms with E-state index in [1.54, 1.807) is 37.3 Å². The lowest BCUT2D eigenvalue weighted by molar-refractivity contribution is -0.274. The molecule has 158 valence electrons. The zero-order valence-electron chi connectivity index (χ0n) is 16.3. The van der Waals surface area contributed by atoms with Gasteiger partial charge >= 0.3 is 6.36 Å². The first-order chi connectivity index (χ1) is 14.3. The van der Waals surface area contributed by atoms with Gasteiger partial charge in [-0.25, -0.2) is 9.97 Å². The quantitative estimate of drug-likeness (QED) is 0.605. The van der Waals surface area contributed by atoms with E-state index in [0.29, 0.717) is 22.9 Å². The number of hydrogen-bond acceptors (Lipinski definition) is 8. The summed E-state index contributed by atoms with van der Waals surface area (Å²) in [5.41, 5.74) is 1.23. The predicted molar refractivity (Wildman–Crippen MR) is 104 cm³/mol. The van der Waals surface area contributed by atoms with Crippen LogP contribution in [0, 0.1) is 0 Å². The van der Waals surface area contributed by atoms with E-state index in [4.69, 9.17) is 9.47 Å². The van der Waals surface area contributed by atoms with Gasteiger partial charge in [-0.1, -0.05) is 0 Å². The van der Waals surface area contributed by atoms with Gasteiger partial charge in [0.2, 0.25) is 11.9 Å². The first-order valence-electron chi connectivity index (χ1n) is 8.56. The molecule has 1 aromatic heterocycles. The molecule has 11 heteroatoms. The van der Waals surface area contributed by atoms with Crippen molar-refractivity contribution in [3.05, 3.63) is 48.8 Å². The summed E-state index contributed by atoms with van der Waals surface area (Å²) >= 11 is 0. The molecular formula is C19H18F3N5O3. The van der Waals surface area contributed by atoms with Gasteiger partial charge in [0.05, 0.1) is 14.2 Å². The van der Waals surface area contributed by atoms with Crippen LogP contribution in [0.4, 0.5) is 36.4 Å². The van der Waals surface area contributed by atoms with Crippen LogP contribution in [0.1, 0.15) is 0 Å². The van der Waals surface area contributed by atoms with Crippen molar-refractivity contribution >= 4 is 23.3 Å². The first-order valence-corrected chi connectivity index (χ1v) is 8.56. The Bertz CT molecular complexity index is 999. The number of alkyl halides is 3. The van der Waals surface area contributed by atoms with Gasteiger partial charge in [-0.05, 0) is 36.4 Å². The molecule has 8 nitrogen and oxygen atoms in total. The van der Waals surface area contributed by atoms with Gasteiger partial charge in [-0.15, -0.1) is 13.2 Å². The average Bonchev–Trinajstić information content (AvgIpc) is 2.72. The molecule has 1 N–H and O–H groups in total. The number of rotatable bonds is 7. The van der Waals surface area contributed by atoms with Crippen molar-refractivity contribution in [3.8, 4) is 17.2 Å². The Morgan fingerprint density at radius 3 is 2.27 bits per heavy atom. The number of nitrogens with zero attached hydrogens (tertiary/aromatic N) is 4. The Balaban J connectivity index is 1.76. The number of methoxy groups -OCH3 is 2. The van der Waals surface area contributed by atoms with Gasteiger partial charge in [-0.2, -0.15) is 4.98 Å². The Hall–Kier alpha value is -3.76. The molecule has 1 heterocycles. The van der Waals surface area contributed by atoms with E-state index in [1.165, 1.54) is 37.7 Å². The predicted octanol–water partition coefficient (Wildman–Crippen LogP) is 4.30. The number of nitrogens with one attached hydrogen (secondary N) is 1. The molecule has 0 aliphatic rings. The molecule has 0 saturated carbocycles. The zero-order chi connectivity index (χ0) is 21.7. The second kappa shape index (κ2) is 8.72. The molecule has 2 aromatic carbocycles. The highest BCUT2D eigenvalue weighted by Gasteiger charge is 2.31. The fraction of sp³-hybridized carbons (Fsp3) is 0.211. The minimum Gasteiger partial charge on any atom is -0.493 e. The third-order valence-corrected chi connectivity index (χ3v) is 3.96. The molecule has 0 spiro atoms. The third kappa shape index (κ3) is 5.19. The maximum absolute atomic E-state index is 12.3. The average molecular weight is 421 g/mol. The van der Waals surface area contributed by atoms with E-state index >= 15 is 0 Å². The fourth-order valence-corrected chi connectivity index (χ4v) is 2.54. The summed E-state index contributed by atoms with van der Waals surface area (Å²) in [6.07, 6.45) is -3.42. The van der Waals surface area contributed by atoms with Crippen LogP contribution in [0.5, 0.6) is 17.2 Å². The van der Waals surface area contributed by atoms with Crippen molar-refractivity contribution < 1.29 is 27.4 Å². The molecule has 30 heavy (non-hydrogen) atoms. The molecule has 0 saturated heterocycles. The van der Waals surface area contributed by atoms with E-state index in [-0.39, 0.29) is 17.6 Å². The van der Waals surface area contributed by atoms with Gasteiger partial charge in [0.25, 0.3) is 0 Å². The molecule has 0 atom stereocenters. The number of ether oxygens (including phenoxy) is 3. The van der Waals surface area contributed by atoms with Crippen molar-refractivity contribution in [2.24, 2.45) is 0 Å². The van der Waals surface area contributed by atoms with Crippen molar-refractivity contribution in [2.45, 2.75) is 6.36 Å². The highest BCUT2D eigenvalue weighted by atomic mass is 19.4. The molecular weight excluding hydrogens is 403 g/mol. The number of aromatic nitrogens is 3. The topological polar surface area (TPSA) is 81.6 Å². The monoisotopic (exact) mass is 421 g/mol. The minimum atomic E-state index is -4.74. The van der Waals surface area contributed by atoms with E-state index in [9.17, 15) is 13.2 Å². The third-order valence-electron chi connectivity index (χ3n) is 3.96. The van der Waals surface area contributed by atoms with Crippen molar-refractivity contribution in [1.82, 2.24) is 15.0 Å². The summed E-state index contributed by atoms with van der Waals surface area (Å²) in [4.78, 5) is 14.1. The Kier molecular flexibility index (Phi) is 6.09. The van der Waals surface area contributed by atoms with E-state index in [1.807, 2.05) is 0 Å². The van der Waals surface area contributed by atoms with Gasteiger partial charge in [0.1, 0.15) is 12.1 Å². The molecule has 0 unspecified atom stereocenters. The van der Waals surface area contributed by atoms with Gasteiger partial charge < -0.3 is 24.4 Å². The number of anilines is 4. The zero-order valence-corrected chi connectivity index (χ0v) is 16.3. The highest BCUT2D eigenvalue weighted by Crippen LogP contribution is 2.31. The van der Waals surface area contributed by atoms with Crippen LogP contribution < -0.4 is 24.4 Å². The van der Waals surface area contributed by atoms with E-state index < -0.39 is 6.36 Å². The van der Waals surface area contributed by atoms with Crippen LogP contribution in [0.15, 0.2) is 48.8 Å². The standard InChI is InChI=1S/C19H18F3N5O3/c1-27(13-5-7-14(8-6-13)30-19(20,21)22)18-24-11-23-17(26-18)25-12-4-9-15(28-2)16(10-12)29-3/h4-11H,1-3H3,(H,23,24,25,26). The van der Waals surface area contributed by atoms with Crippen LogP contribution >= 0.6 is 0 Å². The van der Waals surface area contributed by atoms with Crippen LogP contribution in [-0.2, 0) is 0 Å². The Morgan fingerprint density at radius 2 is 1.63 bits per heavy atom. The number of halogens is 3. The molecule has 3 aromatic rings. The summed E-state index contributed by atoms with van der Waals surface area (Å²) in [5.74, 6) is 1.37. The van der Waals surface area contributed by atoms with E-state index in [2.05, 4.69) is 25.0 Å². The second-order valence-electron chi connectivity index (χ2n) is 5.90. The second-order valence-corrected chi connectivity index (χ2v) is 5.90. The lowest BCUT2D eigenvalue weighted by Crippen LogP contribution is -2.17. The first kappa shape index (κ1) is 21.0. The van der Waals surface area contributed by atoms with E-state index in [0.717, 1.165) is 0 Å². The molecule has 3 rings (SSSR count). The normalized spacial score (nSPS) is 11.0. The summed E-state index contributed by atoms with van der Waals surface area (Å²) in [6, 6.07) is 10.6. The van der Waals surface area contributed by atoms with Crippen LogP contribution in [0.2, 0.25) is 0 Å². The van der Waals surface area contributed by atoms with Crippen molar-refractivity contribution in [3.63, 3.8) is 0 Å². The Labute approximate surface area is 170 Å². The van der Waals surface area contributed by atoms with Gasteiger partial charge in [0, 0.05) is 24.5 Å². The minimum absolute atomic E-state index is 0.274. The maximum Gasteiger partial charge on any atom is 0.573 e. The smallest absolute Gasteiger partial charge is 0.493 e. The molecule has 0 bridgehead atoms. The van der Waals surface area contributed by atoms with Crippen molar-refractivity contribution in [1.29, 1.82) is 0 Å². The molecule has 0 aliphatic carbocycles. The highest BCUT2D eigenvalue weighted by molar-refractivity contribution is 5.62. The lowest BCUT2D eigenvalue weighted by Gasteiger charge is -2.18. The molecule has 0 aliphatic heterocycles. The SMILES string of the molecule is COc1ccc(Nc2ncnc(N(C)c3ccc(OC(F)(F)F)cc3)n2)cc1OC. The Morgan fingerprint density at radius 1 is 0.933 bits per heavy atom. The summed E-state index contributed by atoms with van der Waals surface area (Å²) in [5, 5.41) is 3.04. The summed E-state index contributed by atoms with van der Waals surface area (Å²) in [6.45, 7) is 0. The van der Waals surface area contributed by atoms with Gasteiger partial charge in [0.15, 0.2) is 11.5 Å². The van der Waals surface area contributed by atoms with Crippen LogP contribution in [-0.4, -0.2) is 42.6 Å². The summed E-state index contributed by atoms with van der Waals surface area (Å²) in [7, 11) is 4.75. The lowest BCUT2D eigenvalue weighted by atomic mass is 10.3. The molecule has 0 amide bonds. The largest absolute Gasteiger partial charge is 0.573 e. The fourth-order valence-electron chi connectivity index (χ4n) is 2.54. The molecule has 0 fully saturated rings. The molecule has 0 radical (unpaired) electrons. The number of benzene rings is 2. The summed E-state index contributed by atoms with van der Waals surface area (Å²) < 4.78 is 51.2.